The van der Waals surface area contributed by atoms with E-state index in [2.05, 4.69) is 12.2 Å². The highest BCUT2D eigenvalue weighted by molar-refractivity contribution is 7.15. The summed E-state index contributed by atoms with van der Waals surface area (Å²) < 4.78 is 0. The second-order valence-electron chi connectivity index (χ2n) is 4.24. The predicted molar refractivity (Wildman–Crippen MR) is 68.2 cm³/mol. The van der Waals surface area contributed by atoms with Crippen molar-refractivity contribution in [3.63, 3.8) is 0 Å². The lowest BCUT2D eigenvalue weighted by Crippen LogP contribution is -2.41. The molecule has 1 atom stereocenters. The summed E-state index contributed by atoms with van der Waals surface area (Å²) in [6, 6.07) is 3.29. The summed E-state index contributed by atoms with van der Waals surface area (Å²) >= 11 is 1.19. The first-order valence-corrected chi connectivity index (χ1v) is 6.41. The van der Waals surface area contributed by atoms with Crippen molar-refractivity contribution in [2.75, 3.05) is 6.61 Å². The predicted octanol–water partition coefficient (Wildman–Crippen LogP) is 2.30. The van der Waals surface area contributed by atoms with Crippen LogP contribution in [0, 0.1) is 10.1 Å². The number of nitrogens with zero attached hydrogens (tertiary/aromatic N) is 1. The first kappa shape index (κ1) is 14.1. The molecular weight excluding hydrogens is 240 g/mol. The minimum atomic E-state index is -0.374. The SMILES string of the molecule is CCC(C)(CCO)NCc1ccc([N+](=O)[O-])s1. The quantitative estimate of drug-likeness (QED) is 0.581. The average molecular weight is 258 g/mol. The van der Waals surface area contributed by atoms with Crippen molar-refractivity contribution >= 4 is 16.3 Å². The second-order valence-corrected chi connectivity index (χ2v) is 5.39. The van der Waals surface area contributed by atoms with E-state index in [9.17, 15) is 10.1 Å². The van der Waals surface area contributed by atoms with Gasteiger partial charge in [-0.25, -0.2) is 0 Å². The number of nitrogens with one attached hydrogen (secondary N) is 1. The Labute approximate surface area is 105 Å². The van der Waals surface area contributed by atoms with E-state index in [1.54, 1.807) is 6.07 Å². The Hall–Kier alpha value is -0.980. The Morgan fingerprint density at radius 3 is 2.76 bits per heavy atom. The monoisotopic (exact) mass is 258 g/mol. The third kappa shape index (κ3) is 4.07. The van der Waals surface area contributed by atoms with Gasteiger partial charge in [0, 0.05) is 29.6 Å². The average Bonchev–Trinajstić information content (AvgIpc) is 2.76. The Kier molecular flexibility index (Phi) is 5.04. The minimum Gasteiger partial charge on any atom is -0.396 e. The smallest absolute Gasteiger partial charge is 0.324 e. The first-order chi connectivity index (χ1) is 8.00. The Morgan fingerprint density at radius 1 is 1.59 bits per heavy atom. The molecule has 1 unspecified atom stereocenters. The van der Waals surface area contributed by atoms with Gasteiger partial charge in [-0.3, -0.25) is 10.1 Å². The van der Waals surface area contributed by atoms with Crippen LogP contribution in [0.1, 0.15) is 31.6 Å². The maximum Gasteiger partial charge on any atom is 0.324 e. The fourth-order valence-corrected chi connectivity index (χ4v) is 2.26. The van der Waals surface area contributed by atoms with Crippen molar-refractivity contribution in [2.45, 2.75) is 38.8 Å². The topological polar surface area (TPSA) is 75.4 Å². The van der Waals surface area contributed by atoms with Crippen molar-refractivity contribution in [1.29, 1.82) is 0 Å². The molecule has 17 heavy (non-hydrogen) atoms. The van der Waals surface area contributed by atoms with Gasteiger partial charge in [-0.15, -0.1) is 0 Å². The first-order valence-electron chi connectivity index (χ1n) is 5.60. The number of hydrogen-bond acceptors (Lipinski definition) is 5. The number of nitro groups is 1. The fraction of sp³-hybridized carbons (Fsp3) is 0.636. The molecule has 5 nitrogen and oxygen atoms in total. The summed E-state index contributed by atoms with van der Waals surface area (Å²) in [5.41, 5.74) is -0.118. The molecule has 1 heterocycles. The number of aliphatic hydroxyl groups is 1. The molecule has 6 heteroatoms. The molecule has 0 saturated heterocycles. The summed E-state index contributed by atoms with van der Waals surface area (Å²) in [5, 5.41) is 23.0. The molecule has 0 bridgehead atoms. The zero-order valence-electron chi connectivity index (χ0n) is 10.1. The zero-order chi connectivity index (χ0) is 12.9. The van der Waals surface area contributed by atoms with Crippen LogP contribution in [0.25, 0.3) is 0 Å². The molecular formula is C11H18N2O3S. The van der Waals surface area contributed by atoms with Crippen LogP contribution in [-0.2, 0) is 6.54 Å². The van der Waals surface area contributed by atoms with Crippen LogP contribution >= 0.6 is 11.3 Å². The van der Waals surface area contributed by atoms with Gasteiger partial charge in [0.05, 0.1) is 4.92 Å². The van der Waals surface area contributed by atoms with E-state index in [-0.39, 0.29) is 22.1 Å². The van der Waals surface area contributed by atoms with Crippen LogP contribution in [0.15, 0.2) is 12.1 Å². The molecule has 0 saturated carbocycles. The van der Waals surface area contributed by atoms with E-state index in [4.69, 9.17) is 5.11 Å². The second kappa shape index (κ2) is 6.09. The van der Waals surface area contributed by atoms with Crippen LogP contribution in [0.4, 0.5) is 5.00 Å². The van der Waals surface area contributed by atoms with Gasteiger partial charge in [0.2, 0.25) is 0 Å². The summed E-state index contributed by atoms with van der Waals surface area (Å²) in [5.74, 6) is 0. The maximum absolute atomic E-state index is 10.5. The van der Waals surface area contributed by atoms with Gasteiger partial charge in [-0.05, 0) is 25.8 Å². The highest BCUT2D eigenvalue weighted by atomic mass is 32.1. The normalized spacial score (nSPS) is 14.5. The largest absolute Gasteiger partial charge is 0.396 e. The molecule has 0 fully saturated rings. The molecule has 0 spiro atoms. The lowest BCUT2D eigenvalue weighted by atomic mass is 9.95. The maximum atomic E-state index is 10.5. The van der Waals surface area contributed by atoms with Crippen LogP contribution in [0.2, 0.25) is 0 Å². The van der Waals surface area contributed by atoms with Crippen molar-refractivity contribution in [3.8, 4) is 0 Å². The molecule has 0 amide bonds. The van der Waals surface area contributed by atoms with Gasteiger partial charge in [0.15, 0.2) is 0 Å². The molecule has 0 aromatic carbocycles. The van der Waals surface area contributed by atoms with E-state index in [0.717, 1.165) is 11.3 Å². The Morgan fingerprint density at radius 2 is 2.29 bits per heavy atom. The number of hydrogen-bond donors (Lipinski definition) is 2. The lowest BCUT2D eigenvalue weighted by Gasteiger charge is -2.28. The minimum absolute atomic E-state index is 0.118. The van der Waals surface area contributed by atoms with Gasteiger partial charge < -0.3 is 10.4 Å². The number of rotatable bonds is 7. The molecule has 96 valence electrons. The molecule has 1 aromatic heterocycles. The van der Waals surface area contributed by atoms with Crippen molar-refractivity contribution in [1.82, 2.24) is 5.32 Å². The van der Waals surface area contributed by atoms with Crippen molar-refractivity contribution < 1.29 is 10.0 Å². The number of thiophene rings is 1. The fourth-order valence-electron chi connectivity index (χ4n) is 1.50. The van der Waals surface area contributed by atoms with E-state index >= 15 is 0 Å². The van der Waals surface area contributed by atoms with Crippen molar-refractivity contribution in [3.05, 3.63) is 27.1 Å². The van der Waals surface area contributed by atoms with Crippen LogP contribution in [-0.4, -0.2) is 22.2 Å². The summed E-state index contributed by atoms with van der Waals surface area (Å²) in [6.45, 7) is 4.84. The summed E-state index contributed by atoms with van der Waals surface area (Å²) in [4.78, 5) is 11.1. The van der Waals surface area contributed by atoms with Crippen molar-refractivity contribution in [2.24, 2.45) is 0 Å². The van der Waals surface area contributed by atoms with Gasteiger partial charge in [0.1, 0.15) is 0 Å². The number of aliphatic hydroxyl groups excluding tert-OH is 1. The van der Waals surface area contributed by atoms with Gasteiger partial charge in [-0.1, -0.05) is 18.3 Å². The summed E-state index contributed by atoms with van der Waals surface area (Å²) in [7, 11) is 0. The van der Waals surface area contributed by atoms with Gasteiger partial charge >= 0.3 is 5.00 Å². The Bertz CT molecular complexity index is 381. The third-order valence-corrected chi connectivity index (χ3v) is 4.00. The molecule has 1 aromatic rings. The van der Waals surface area contributed by atoms with E-state index in [1.807, 2.05) is 6.92 Å². The van der Waals surface area contributed by atoms with Gasteiger partial charge in [0.25, 0.3) is 0 Å². The molecule has 1 rings (SSSR count). The molecule has 0 aliphatic rings. The third-order valence-electron chi connectivity index (χ3n) is 2.96. The Balaban J connectivity index is 2.56. The van der Waals surface area contributed by atoms with Crippen LogP contribution in [0.5, 0.6) is 0 Å². The summed E-state index contributed by atoms with van der Waals surface area (Å²) in [6.07, 6.45) is 1.58. The highest BCUT2D eigenvalue weighted by Crippen LogP contribution is 2.24. The molecule has 0 radical (unpaired) electrons. The lowest BCUT2D eigenvalue weighted by molar-refractivity contribution is -0.380. The van der Waals surface area contributed by atoms with E-state index < -0.39 is 0 Å². The van der Waals surface area contributed by atoms with E-state index in [0.29, 0.717) is 13.0 Å². The molecule has 2 N–H and O–H groups in total. The highest BCUT2D eigenvalue weighted by Gasteiger charge is 2.21. The van der Waals surface area contributed by atoms with E-state index in [1.165, 1.54) is 17.4 Å². The molecule has 0 aliphatic carbocycles. The van der Waals surface area contributed by atoms with Gasteiger partial charge in [-0.2, -0.15) is 0 Å². The standard InChI is InChI=1S/C11H18N2O3S/c1-3-11(2,6-7-14)12-8-9-4-5-10(17-9)13(15)16/h4-5,12,14H,3,6-8H2,1-2H3. The molecule has 0 aliphatic heterocycles. The van der Waals surface area contributed by atoms with Crippen LogP contribution < -0.4 is 5.32 Å². The van der Waals surface area contributed by atoms with Crippen LogP contribution in [0.3, 0.4) is 0 Å². The zero-order valence-corrected chi connectivity index (χ0v) is 10.9.